The highest BCUT2D eigenvalue weighted by molar-refractivity contribution is 5.82. The van der Waals surface area contributed by atoms with Gasteiger partial charge in [-0.2, -0.15) is 18.3 Å². The van der Waals surface area contributed by atoms with Gasteiger partial charge in [-0.25, -0.2) is 4.79 Å². The summed E-state index contributed by atoms with van der Waals surface area (Å²) >= 11 is 0. The largest absolute Gasteiger partial charge is 0.490 e. The number of carbonyl (C=O) groups excluding carboxylic acids is 1. The number of fused-ring (bicyclic) bond motifs is 3. The van der Waals surface area contributed by atoms with E-state index in [1.165, 1.54) is 16.8 Å². The second-order valence-electron chi connectivity index (χ2n) is 10.00. The van der Waals surface area contributed by atoms with Gasteiger partial charge in [0.2, 0.25) is 5.91 Å². The molecule has 7 nitrogen and oxygen atoms in total. The van der Waals surface area contributed by atoms with Gasteiger partial charge in [0.1, 0.15) is 0 Å². The molecule has 2 heterocycles. The van der Waals surface area contributed by atoms with Gasteiger partial charge in [0.15, 0.2) is 0 Å². The summed E-state index contributed by atoms with van der Waals surface area (Å²) in [5, 5.41) is 15.0. The van der Waals surface area contributed by atoms with Gasteiger partial charge in [-0.1, -0.05) is 45.0 Å². The topological polar surface area (TPSA) is 87.5 Å². The van der Waals surface area contributed by atoms with E-state index in [1.54, 1.807) is 0 Å². The maximum absolute atomic E-state index is 12.7. The van der Waals surface area contributed by atoms with Crippen molar-refractivity contribution >= 4 is 11.9 Å². The predicted octanol–water partition coefficient (Wildman–Crippen LogP) is 3.79. The average molecular weight is 481 g/mol. The number of nitrogens with zero attached hydrogens (tertiary/aromatic N) is 3. The SMILES string of the molecule is Cc1cc(CN2C[C@@H]3[C@H](NC(=O)C(C)(C)C)c4ccccc4[C@@H]3C2)n(C)n1.O=C(O)C(F)(F)F. The van der Waals surface area contributed by atoms with Crippen LogP contribution in [0, 0.1) is 18.3 Å². The van der Waals surface area contributed by atoms with Crippen LogP contribution in [0.3, 0.4) is 0 Å². The van der Waals surface area contributed by atoms with E-state index in [-0.39, 0.29) is 17.4 Å². The van der Waals surface area contributed by atoms with Crippen molar-refractivity contribution in [3.63, 3.8) is 0 Å². The van der Waals surface area contributed by atoms with Gasteiger partial charge in [0.25, 0.3) is 0 Å². The summed E-state index contributed by atoms with van der Waals surface area (Å²) in [6, 6.07) is 10.9. The van der Waals surface area contributed by atoms with Gasteiger partial charge in [-0.3, -0.25) is 14.4 Å². The standard InChI is InChI=1S/C22H30N4O.C2HF3O2/c1-14-10-15(25(5)24-14)11-26-12-18-16-8-6-7-9-17(16)20(19(18)13-26)23-21(27)22(2,3)4;3-2(4,5)1(6)7/h6-10,18-20H,11-13H2,1-5H3,(H,23,27);(H,6,7)/t18-,19-,20+;/m0./s1. The van der Waals surface area contributed by atoms with Crippen LogP contribution in [0.25, 0.3) is 0 Å². The third-order valence-corrected chi connectivity index (χ3v) is 6.29. The van der Waals surface area contributed by atoms with Crippen molar-refractivity contribution in [2.24, 2.45) is 18.4 Å². The normalized spacial score (nSPS) is 21.9. The number of carboxylic acids is 1. The van der Waals surface area contributed by atoms with E-state index in [4.69, 9.17) is 9.90 Å². The number of carbonyl (C=O) groups is 2. The van der Waals surface area contributed by atoms with Crippen molar-refractivity contribution in [1.29, 1.82) is 0 Å². The number of amides is 1. The molecule has 0 spiro atoms. The van der Waals surface area contributed by atoms with Gasteiger partial charge < -0.3 is 10.4 Å². The Hall–Kier alpha value is -2.88. The van der Waals surface area contributed by atoms with Gasteiger partial charge in [0.05, 0.1) is 17.4 Å². The number of aromatic nitrogens is 2. The zero-order chi connectivity index (χ0) is 25.4. The maximum atomic E-state index is 12.7. The Kier molecular flexibility index (Phi) is 7.12. The summed E-state index contributed by atoms with van der Waals surface area (Å²) in [6.07, 6.45) is -5.08. The quantitative estimate of drug-likeness (QED) is 0.698. The van der Waals surface area contributed by atoms with Gasteiger partial charge in [-0.15, -0.1) is 0 Å². The zero-order valence-corrected chi connectivity index (χ0v) is 20.0. The zero-order valence-electron chi connectivity index (χ0n) is 20.0. The second kappa shape index (κ2) is 9.40. The third-order valence-electron chi connectivity index (χ3n) is 6.29. The van der Waals surface area contributed by atoms with Crippen molar-refractivity contribution < 1.29 is 27.9 Å². The number of halogens is 3. The molecular weight excluding hydrogens is 449 g/mol. The van der Waals surface area contributed by atoms with Crippen LogP contribution in [0.4, 0.5) is 13.2 Å². The number of hydrogen-bond donors (Lipinski definition) is 2. The van der Waals surface area contributed by atoms with Gasteiger partial charge in [0, 0.05) is 43.9 Å². The second-order valence-corrected chi connectivity index (χ2v) is 10.00. The Morgan fingerprint density at radius 1 is 1.15 bits per heavy atom. The number of likely N-dealkylation sites (tertiary alicyclic amines) is 1. The summed E-state index contributed by atoms with van der Waals surface area (Å²) in [7, 11) is 2.01. The highest BCUT2D eigenvalue weighted by Gasteiger charge is 2.47. The number of benzene rings is 1. The number of alkyl halides is 3. The summed E-state index contributed by atoms with van der Waals surface area (Å²) in [4.78, 5) is 24.1. The Morgan fingerprint density at radius 2 is 1.74 bits per heavy atom. The predicted molar refractivity (Wildman–Crippen MR) is 120 cm³/mol. The average Bonchev–Trinajstić information content (AvgIpc) is 3.35. The van der Waals surface area contributed by atoms with Crippen LogP contribution in [0.2, 0.25) is 0 Å². The Bertz CT molecular complexity index is 1060. The van der Waals surface area contributed by atoms with Crippen LogP contribution >= 0.6 is 0 Å². The van der Waals surface area contributed by atoms with Crippen LogP contribution in [0.15, 0.2) is 30.3 Å². The lowest BCUT2D eigenvalue weighted by atomic mass is 9.91. The molecular formula is C24H31F3N4O3. The molecule has 1 saturated heterocycles. The molecule has 2 aliphatic rings. The van der Waals surface area contributed by atoms with Crippen molar-refractivity contribution in [3.05, 3.63) is 52.8 Å². The number of hydrogen-bond acceptors (Lipinski definition) is 4. The lowest BCUT2D eigenvalue weighted by Crippen LogP contribution is -2.40. The fourth-order valence-corrected chi connectivity index (χ4v) is 4.66. The Morgan fingerprint density at radius 3 is 2.24 bits per heavy atom. The summed E-state index contributed by atoms with van der Waals surface area (Å²) in [6.45, 7) is 10.9. The molecule has 2 aromatic rings. The van der Waals surface area contributed by atoms with Crippen LogP contribution in [0.5, 0.6) is 0 Å². The van der Waals surface area contributed by atoms with E-state index >= 15 is 0 Å². The van der Waals surface area contributed by atoms with Crippen LogP contribution in [-0.2, 0) is 23.2 Å². The van der Waals surface area contributed by atoms with Crippen molar-refractivity contribution in [3.8, 4) is 0 Å². The Balaban J connectivity index is 0.000000406. The molecule has 1 aromatic heterocycles. The third kappa shape index (κ3) is 5.60. The minimum absolute atomic E-state index is 0.108. The Labute approximate surface area is 196 Å². The van der Waals surface area contributed by atoms with E-state index in [9.17, 15) is 18.0 Å². The van der Waals surface area contributed by atoms with E-state index in [2.05, 4.69) is 45.6 Å². The number of aryl methyl sites for hydroxylation is 2. The van der Waals surface area contributed by atoms with Crippen molar-refractivity contribution in [2.45, 2.75) is 52.4 Å². The molecule has 186 valence electrons. The molecule has 1 aliphatic heterocycles. The molecule has 0 unspecified atom stereocenters. The monoisotopic (exact) mass is 480 g/mol. The molecule has 1 aliphatic carbocycles. The van der Waals surface area contributed by atoms with E-state index in [0.29, 0.717) is 11.8 Å². The summed E-state index contributed by atoms with van der Waals surface area (Å²) < 4.78 is 33.7. The van der Waals surface area contributed by atoms with E-state index in [1.807, 2.05) is 39.4 Å². The first-order valence-corrected chi connectivity index (χ1v) is 11.1. The molecule has 0 saturated carbocycles. The minimum atomic E-state index is -5.08. The highest BCUT2D eigenvalue weighted by Crippen LogP contribution is 2.49. The van der Waals surface area contributed by atoms with E-state index in [0.717, 1.165) is 25.3 Å². The minimum Gasteiger partial charge on any atom is -0.475 e. The maximum Gasteiger partial charge on any atom is 0.490 e. The molecule has 3 atom stereocenters. The molecule has 2 N–H and O–H groups in total. The highest BCUT2D eigenvalue weighted by atomic mass is 19.4. The van der Waals surface area contributed by atoms with Crippen LogP contribution in [0.1, 0.15) is 55.2 Å². The van der Waals surface area contributed by atoms with Crippen molar-refractivity contribution in [2.75, 3.05) is 13.1 Å². The first-order valence-electron chi connectivity index (χ1n) is 11.1. The van der Waals surface area contributed by atoms with Crippen LogP contribution < -0.4 is 5.32 Å². The lowest BCUT2D eigenvalue weighted by Gasteiger charge is -2.26. The van der Waals surface area contributed by atoms with Crippen LogP contribution in [-0.4, -0.2) is 50.9 Å². The number of carboxylic acid groups (broad SMARTS) is 1. The van der Waals surface area contributed by atoms with Gasteiger partial charge >= 0.3 is 12.1 Å². The fraction of sp³-hybridized carbons (Fsp3) is 0.542. The number of aliphatic carboxylic acids is 1. The molecule has 10 heteroatoms. The molecule has 0 bridgehead atoms. The molecule has 34 heavy (non-hydrogen) atoms. The number of rotatable bonds is 3. The van der Waals surface area contributed by atoms with Gasteiger partial charge in [-0.05, 0) is 24.1 Å². The first-order chi connectivity index (χ1) is 15.7. The molecule has 1 aromatic carbocycles. The van der Waals surface area contributed by atoms with E-state index < -0.39 is 12.1 Å². The summed E-state index contributed by atoms with van der Waals surface area (Å²) in [5.41, 5.74) is 4.65. The molecule has 0 radical (unpaired) electrons. The fourth-order valence-electron chi connectivity index (χ4n) is 4.66. The molecule has 4 rings (SSSR count). The number of nitrogens with one attached hydrogen (secondary N) is 1. The lowest BCUT2D eigenvalue weighted by molar-refractivity contribution is -0.192. The first kappa shape index (κ1) is 25.7. The molecule has 1 amide bonds. The van der Waals surface area contributed by atoms with Crippen molar-refractivity contribution in [1.82, 2.24) is 20.0 Å². The smallest absolute Gasteiger partial charge is 0.475 e. The summed E-state index contributed by atoms with van der Waals surface area (Å²) in [5.74, 6) is -1.71. The molecule has 1 fully saturated rings.